The highest BCUT2D eigenvalue weighted by atomic mass is 35.5. The first kappa shape index (κ1) is 21.2. The predicted molar refractivity (Wildman–Crippen MR) is 106 cm³/mol. The second-order valence-corrected chi connectivity index (χ2v) is 8.19. The fraction of sp³-hybridized carbons (Fsp3) is 0.176. The van der Waals surface area contributed by atoms with Crippen molar-refractivity contribution < 1.29 is 18.0 Å². The maximum atomic E-state index is 12.4. The molecule has 0 aliphatic carbocycles. The summed E-state index contributed by atoms with van der Waals surface area (Å²) in [6.07, 6.45) is 0. The Morgan fingerprint density at radius 1 is 0.963 bits per heavy atom. The Labute approximate surface area is 167 Å². The summed E-state index contributed by atoms with van der Waals surface area (Å²) in [6, 6.07) is 9.34. The Morgan fingerprint density at radius 3 is 2.07 bits per heavy atom. The Balaban J connectivity index is 2.06. The lowest BCUT2D eigenvalue weighted by atomic mass is 10.2. The number of amides is 2. The largest absolute Gasteiger partial charge is 0.326 e. The van der Waals surface area contributed by atoms with Crippen LogP contribution in [0.3, 0.4) is 0 Å². The van der Waals surface area contributed by atoms with Gasteiger partial charge in [0.2, 0.25) is 21.8 Å². The van der Waals surface area contributed by atoms with Crippen molar-refractivity contribution in [3.63, 3.8) is 0 Å². The highest BCUT2D eigenvalue weighted by Crippen LogP contribution is 2.25. The minimum atomic E-state index is -4.04. The van der Waals surface area contributed by atoms with Crippen molar-refractivity contribution in [1.82, 2.24) is 4.72 Å². The number of hydrogen-bond acceptors (Lipinski definition) is 4. The maximum Gasteiger partial charge on any atom is 0.242 e. The zero-order chi connectivity index (χ0) is 20.2. The molecule has 0 aliphatic heterocycles. The van der Waals surface area contributed by atoms with Gasteiger partial charge >= 0.3 is 0 Å². The number of nitrogens with one attached hydrogen (secondary N) is 3. The molecule has 3 N–H and O–H groups in total. The minimum absolute atomic E-state index is 0.00642. The number of carbonyl (C=O) groups is 2. The monoisotopic (exact) mass is 429 g/mol. The zero-order valence-electron chi connectivity index (χ0n) is 14.4. The van der Waals surface area contributed by atoms with Gasteiger partial charge in [0.1, 0.15) is 4.90 Å². The number of halogens is 2. The highest BCUT2D eigenvalue weighted by molar-refractivity contribution is 7.89. The Kier molecular flexibility index (Phi) is 6.83. The highest BCUT2D eigenvalue weighted by Gasteiger charge is 2.24. The lowest BCUT2D eigenvalue weighted by Crippen LogP contribution is -2.41. The first-order valence-corrected chi connectivity index (χ1v) is 9.98. The molecular formula is C17H17Cl2N3O4S. The third-order valence-corrected chi connectivity index (χ3v) is 5.64. The van der Waals surface area contributed by atoms with E-state index in [4.69, 9.17) is 23.2 Å². The number of anilines is 2. The molecule has 0 saturated heterocycles. The number of benzene rings is 2. The summed E-state index contributed by atoms with van der Waals surface area (Å²) < 4.78 is 27.1. The first-order chi connectivity index (χ1) is 12.6. The normalized spacial score (nSPS) is 12.3. The molecule has 0 bridgehead atoms. The van der Waals surface area contributed by atoms with Gasteiger partial charge in [-0.3, -0.25) is 9.59 Å². The van der Waals surface area contributed by atoms with Gasteiger partial charge in [0, 0.05) is 23.3 Å². The fourth-order valence-electron chi connectivity index (χ4n) is 2.12. The molecule has 27 heavy (non-hydrogen) atoms. The molecule has 0 unspecified atom stereocenters. The van der Waals surface area contributed by atoms with Crippen LogP contribution < -0.4 is 15.4 Å². The third kappa shape index (κ3) is 5.93. The van der Waals surface area contributed by atoms with Crippen LogP contribution in [0.2, 0.25) is 10.0 Å². The molecule has 10 heteroatoms. The van der Waals surface area contributed by atoms with Gasteiger partial charge in [-0.15, -0.1) is 0 Å². The van der Waals surface area contributed by atoms with E-state index in [2.05, 4.69) is 15.4 Å². The minimum Gasteiger partial charge on any atom is -0.326 e. The van der Waals surface area contributed by atoms with Crippen LogP contribution in [0.5, 0.6) is 0 Å². The average Bonchev–Trinajstić information content (AvgIpc) is 2.57. The molecule has 0 fully saturated rings. The van der Waals surface area contributed by atoms with Crippen LogP contribution in [0, 0.1) is 0 Å². The van der Waals surface area contributed by atoms with Gasteiger partial charge in [-0.05, 0) is 49.4 Å². The van der Waals surface area contributed by atoms with Crippen molar-refractivity contribution in [3.8, 4) is 0 Å². The second-order valence-electron chi connectivity index (χ2n) is 5.67. The van der Waals surface area contributed by atoms with Crippen LogP contribution in [0.1, 0.15) is 13.8 Å². The van der Waals surface area contributed by atoms with Crippen molar-refractivity contribution in [1.29, 1.82) is 0 Å². The molecule has 2 rings (SSSR count). The van der Waals surface area contributed by atoms with Crippen molar-refractivity contribution in [3.05, 3.63) is 52.5 Å². The zero-order valence-corrected chi connectivity index (χ0v) is 16.7. The Bertz CT molecular complexity index is 963. The molecule has 2 aromatic rings. The number of sulfonamides is 1. The molecule has 0 aromatic heterocycles. The smallest absolute Gasteiger partial charge is 0.242 e. The first-order valence-electron chi connectivity index (χ1n) is 7.74. The predicted octanol–water partition coefficient (Wildman–Crippen LogP) is 3.26. The molecule has 0 aliphatic rings. The molecule has 0 radical (unpaired) electrons. The summed E-state index contributed by atoms with van der Waals surface area (Å²) in [5.41, 5.74) is 1.02. The van der Waals surface area contributed by atoms with Gasteiger partial charge in [-0.1, -0.05) is 23.2 Å². The van der Waals surface area contributed by atoms with Crippen LogP contribution in [-0.4, -0.2) is 26.3 Å². The summed E-state index contributed by atoms with van der Waals surface area (Å²) in [4.78, 5) is 23.1. The van der Waals surface area contributed by atoms with E-state index in [0.717, 1.165) is 0 Å². The number of rotatable bonds is 6. The fourth-order valence-corrected chi connectivity index (χ4v) is 4.09. The maximum absolute atomic E-state index is 12.4. The third-order valence-electron chi connectivity index (χ3n) is 3.38. The quantitative estimate of drug-likeness (QED) is 0.654. The average molecular weight is 430 g/mol. The van der Waals surface area contributed by atoms with Gasteiger partial charge in [-0.25, -0.2) is 8.42 Å². The molecular weight excluding hydrogens is 413 g/mol. The SMILES string of the molecule is CC(=O)Nc1ccc(NC(=O)[C@H](C)NS(=O)(=O)c2cc(Cl)ccc2Cl)cc1. The van der Waals surface area contributed by atoms with Crippen molar-refractivity contribution in [2.24, 2.45) is 0 Å². The molecule has 0 saturated carbocycles. The van der Waals surface area contributed by atoms with E-state index in [1.807, 2.05) is 0 Å². The van der Waals surface area contributed by atoms with Gasteiger partial charge in [-0.2, -0.15) is 4.72 Å². The van der Waals surface area contributed by atoms with Gasteiger partial charge in [0.05, 0.1) is 11.1 Å². The van der Waals surface area contributed by atoms with E-state index in [1.54, 1.807) is 24.3 Å². The van der Waals surface area contributed by atoms with Gasteiger partial charge in [0.25, 0.3) is 0 Å². The van der Waals surface area contributed by atoms with E-state index in [-0.39, 0.29) is 20.8 Å². The van der Waals surface area contributed by atoms with E-state index in [0.29, 0.717) is 11.4 Å². The summed E-state index contributed by atoms with van der Waals surface area (Å²) in [5, 5.41) is 5.38. The molecule has 0 heterocycles. The van der Waals surface area contributed by atoms with Crippen LogP contribution in [0.25, 0.3) is 0 Å². The van der Waals surface area contributed by atoms with Crippen LogP contribution in [0.4, 0.5) is 11.4 Å². The molecule has 2 amide bonds. The Morgan fingerprint density at radius 2 is 1.52 bits per heavy atom. The molecule has 2 aromatic carbocycles. The van der Waals surface area contributed by atoms with Crippen LogP contribution >= 0.6 is 23.2 Å². The molecule has 7 nitrogen and oxygen atoms in total. The Hall–Kier alpha value is -2.13. The summed E-state index contributed by atoms with van der Waals surface area (Å²) in [7, 11) is -4.04. The number of carbonyl (C=O) groups excluding carboxylic acids is 2. The van der Waals surface area contributed by atoms with Crippen molar-refractivity contribution in [2.75, 3.05) is 10.6 Å². The lowest BCUT2D eigenvalue weighted by Gasteiger charge is -2.15. The summed E-state index contributed by atoms with van der Waals surface area (Å²) in [6.45, 7) is 2.78. The van der Waals surface area contributed by atoms with E-state index < -0.39 is 22.0 Å². The standard InChI is InChI=1S/C17H17Cl2N3O4S/c1-10(22-27(25,26)16-9-12(18)3-8-15(16)19)17(24)21-14-6-4-13(5-7-14)20-11(2)23/h3-10,22H,1-2H3,(H,20,23)(H,21,24)/t10-/m0/s1. The number of hydrogen-bond donors (Lipinski definition) is 3. The van der Waals surface area contributed by atoms with E-state index in [9.17, 15) is 18.0 Å². The van der Waals surface area contributed by atoms with E-state index >= 15 is 0 Å². The van der Waals surface area contributed by atoms with Gasteiger partial charge in [0.15, 0.2) is 0 Å². The molecule has 144 valence electrons. The van der Waals surface area contributed by atoms with Crippen molar-refractivity contribution in [2.45, 2.75) is 24.8 Å². The van der Waals surface area contributed by atoms with Gasteiger partial charge < -0.3 is 10.6 Å². The topological polar surface area (TPSA) is 104 Å². The van der Waals surface area contributed by atoms with E-state index in [1.165, 1.54) is 32.0 Å². The van der Waals surface area contributed by atoms with Crippen LogP contribution in [0.15, 0.2) is 47.4 Å². The van der Waals surface area contributed by atoms with Crippen molar-refractivity contribution >= 4 is 56.4 Å². The molecule has 0 spiro atoms. The second kappa shape index (κ2) is 8.71. The summed E-state index contributed by atoms with van der Waals surface area (Å²) in [5.74, 6) is -0.779. The lowest BCUT2D eigenvalue weighted by molar-refractivity contribution is -0.117. The molecule has 1 atom stereocenters. The summed E-state index contributed by atoms with van der Waals surface area (Å²) >= 11 is 11.7. The van der Waals surface area contributed by atoms with Crippen LogP contribution in [-0.2, 0) is 19.6 Å².